The zero-order valence-corrected chi connectivity index (χ0v) is 13.7. The number of benzene rings is 1. The molecule has 0 aliphatic carbocycles. The summed E-state index contributed by atoms with van der Waals surface area (Å²) in [6.45, 7) is 2.77. The Morgan fingerprint density at radius 1 is 1.12 bits per heavy atom. The summed E-state index contributed by atoms with van der Waals surface area (Å²) in [5.74, 6) is -3.96. The standard InChI is InChI=1S/C17H21NO6/c1-3-23-16(19)15(17(20)24-4-2)14(12-18(21)22)11-10-13-8-6-5-7-9-13/h5-11,14-15H,3-4,12H2,1-2H3/b11-10+/t14-/m1/s1. The monoisotopic (exact) mass is 335 g/mol. The van der Waals surface area contributed by atoms with Crippen molar-refractivity contribution in [1.29, 1.82) is 0 Å². The van der Waals surface area contributed by atoms with Crippen molar-refractivity contribution in [3.8, 4) is 0 Å². The molecule has 0 aliphatic rings. The lowest BCUT2D eigenvalue weighted by Crippen LogP contribution is -2.36. The van der Waals surface area contributed by atoms with E-state index in [0.29, 0.717) is 0 Å². The second-order valence-corrected chi connectivity index (χ2v) is 4.93. The van der Waals surface area contributed by atoms with Crippen molar-refractivity contribution in [2.75, 3.05) is 19.8 Å². The fraction of sp³-hybridized carbons (Fsp3) is 0.412. The van der Waals surface area contributed by atoms with Crippen molar-refractivity contribution >= 4 is 18.0 Å². The topological polar surface area (TPSA) is 95.7 Å². The largest absolute Gasteiger partial charge is 0.465 e. The number of hydrogen-bond donors (Lipinski definition) is 0. The molecule has 1 aromatic carbocycles. The summed E-state index contributed by atoms with van der Waals surface area (Å²) in [4.78, 5) is 34.6. The molecule has 130 valence electrons. The van der Waals surface area contributed by atoms with Crippen LogP contribution in [0.5, 0.6) is 0 Å². The van der Waals surface area contributed by atoms with E-state index < -0.39 is 35.2 Å². The van der Waals surface area contributed by atoms with Crippen LogP contribution in [0.25, 0.3) is 6.08 Å². The first kappa shape index (κ1) is 19.3. The molecule has 0 aliphatic heterocycles. The van der Waals surface area contributed by atoms with Gasteiger partial charge in [0.15, 0.2) is 5.92 Å². The molecule has 0 radical (unpaired) electrons. The Hall–Kier alpha value is -2.70. The van der Waals surface area contributed by atoms with E-state index in [9.17, 15) is 19.7 Å². The molecule has 1 atom stereocenters. The molecule has 0 saturated carbocycles. The van der Waals surface area contributed by atoms with E-state index in [0.717, 1.165) is 5.56 Å². The van der Waals surface area contributed by atoms with E-state index in [1.165, 1.54) is 6.08 Å². The third kappa shape index (κ3) is 6.20. The molecule has 0 N–H and O–H groups in total. The molecular formula is C17H21NO6. The summed E-state index contributed by atoms with van der Waals surface area (Å²) < 4.78 is 9.78. The first-order valence-electron chi connectivity index (χ1n) is 7.67. The number of hydrogen-bond acceptors (Lipinski definition) is 6. The van der Waals surface area contributed by atoms with Crippen LogP contribution in [0.15, 0.2) is 36.4 Å². The fourth-order valence-electron chi connectivity index (χ4n) is 2.16. The maximum Gasteiger partial charge on any atom is 0.321 e. The SMILES string of the molecule is CCOC(=O)C(C(=O)OCC)[C@H](/C=C/c1ccccc1)C[N+](=O)[O-]. The Balaban J connectivity index is 3.10. The summed E-state index contributed by atoms with van der Waals surface area (Å²) in [6, 6.07) is 9.09. The van der Waals surface area contributed by atoms with Crippen molar-refractivity contribution in [1.82, 2.24) is 0 Å². The fourth-order valence-corrected chi connectivity index (χ4v) is 2.16. The van der Waals surface area contributed by atoms with E-state index in [1.54, 1.807) is 19.9 Å². The van der Waals surface area contributed by atoms with Crippen LogP contribution in [0.1, 0.15) is 19.4 Å². The molecule has 1 aromatic rings. The van der Waals surface area contributed by atoms with Crippen molar-refractivity contribution in [2.24, 2.45) is 11.8 Å². The van der Waals surface area contributed by atoms with Gasteiger partial charge in [0.05, 0.1) is 19.1 Å². The molecule has 0 bridgehead atoms. The maximum atomic E-state index is 12.1. The molecule has 0 heterocycles. The summed E-state index contributed by atoms with van der Waals surface area (Å²) in [7, 11) is 0. The van der Waals surface area contributed by atoms with E-state index in [4.69, 9.17) is 9.47 Å². The van der Waals surface area contributed by atoms with Crippen LogP contribution in [0.3, 0.4) is 0 Å². The lowest BCUT2D eigenvalue weighted by Gasteiger charge is -2.18. The highest BCUT2D eigenvalue weighted by Gasteiger charge is 2.38. The maximum absolute atomic E-state index is 12.1. The zero-order valence-electron chi connectivity index (χ0n) is 13.7. The van der Waals surface area contributed by atoms with Gasteiger partial charge < -0.3 is 9.47 Å². The van der Waals surface area contributed by atoms with Crippen LogP contribution in [-0.2, 0) is 19.1 Å². The van der Waals surface area contributed by atoms with Gasteiger partial charge in [-0.3, -0.25) is 19.7 Å². The highest BCUT2D eigenvalue weighted by Crippen LogP contribution is 2.20. The van der Waals surface area contributed by atoms with Gasteiger partial charge >= 0.3 is 11.9 Å². The minimum atomic E-state index is -1.37. The van der Waals surface area contributed by atoms with E-state index in [2.05, 4.69) is 0 Å². The van der Waals surface area contributed by atoms with Crippen molar-refractivity contribution in [2.45, 2.75) is 13.8 Å². The minimum Gasteiger partial charge on any atom is -0.465 e. The van der Waals surface area contributed by atoms with Crippen LogP contribution in [0, 0.1) is 22.0 Å². The van der Waals surface area contributed by atoms with Crippen molar-refractivity contribution in [3.63, 3.8) is 0 Å². The van der Waals surface area contributed by atoms with Crippen LogP contribution >= 0.6 is 0 Å². The van der Waals surface area contributed by atoms with Gasteiger partial charge in [-0.2, -0.15) is 0 Å². The van der Waals surface area contributed by atoms with Gasteiger partial charge in [0.1, 0.15) is 0 Å². The minimum absolute atomic E-state index is 0.0717. The van der Waals surface area contributed by atoms with Gasteiger partial charge in [0.2, 0.25) is 6.54 Å². The number of nitrogens with zero attached hydrogens (tertiary/aromatic N) is 1. The summed E-state index contributed by atoms with van der Waals surface area (Å²) >= 11 is 0. The van der Waals surface area contributed by atoms with Gasteiger partial charge in [-0.05, 0) is 19.4 Å². The number of nitro groups is 1. The summed E-state index contributed by atoms with van der Waals surface area (Å²) in [6.07, 6.45) is 3.12. The van der Waals surface area contributed by atoms with Gasteiger partial charge in [-0.1, -0.05) is 42.5 Å². The summed E-state index contributed by atoms with van der Waals surface area (Å²) in [5, 5.41) is 11.0. The predicted octanol–water partition coefficient (Wildman–Crippen LogP) is 2.34. The lowest BCUT2D eigenvalue weighted by molar-refractivity contribution is -0.486. The number of ether oxygens (including phenoxy) is 2. The van der Waals surface area contributed by atoms with Crippen LogP contribution in [0.4, 0.5) is 0 Å². The zero-order chi connectivity index (χ0) is 17.9. The number of carbonyl (C=O) groups excluding carboxylic acids is 2. The second kappa shape index (κ2) is 10.1. The van der Waals surface area contributed by atoms with Gasteiger partial charge in [0, 0.05) is 4.92 Å². The Morgan fingerprint density at radius 3 is 2.12 bits per heavy atom. The van der Waals surface area contributed by atoms with Gasteiger partial charge in [-0.25, -0.2) is 0 Å². The third-order valence-electron chi connectivity index (χ3n) is 3.20. The predicted molar refractivity (Wildman–Crippen MR) is 87.6 cm³/mol. The summed E-state index contributed by atoms with van der Waals surface area (Å²) in [5.41, 5.74) is 0.803. The highest BCUT2D eigenvalue weighted by atomic mass is 16.6. The molecule has 0 aromatic heterocycles. The molecule has 24 heavy (non-hydrogen) atoms. The number of rotatable bonds is 9. The third-order valence-corrected chi connectivity index (χ3v) is 3.20. The molecule has 0 fully saturated rings. The Bertz CT molecular complexity index is 566. The lowest BCUT2D eigenvalue weighted by atomic mass is 9.91. The van der Waals surface area contributed by atoms with E-state index in [-0.39, 0.29) is 13.2 Å². The molecular weight excluding hydrogens is 314 g/mol. The van der Waals surface area contributed by atoms with Crippen LogP contribution in [-0.4, -0.2) is 36.6 Å². The highest BCUT2D eigenvalue weighted by molar-refractivity contribution is 5.95. The molecule has 0 spiro atoms. The first-order chi connectivity index (χ1) is 11.5. The first-order valence-corrected chi connectivity index (χ1v) is 7.67. The Kier molecular flexibility index (Phi) is 8.18. The Labute approximate surface area is 140 Å². The smallest absolute Gasteiger partial charge is 0.321 e. The molecule has 0 amide bonds. The Morgan fingerprint density at radius 2 is 1.67 bits per heavy atom. The second-order valence-electron chi connectivity index (χ2n) is 4.93. The van der Waals surface area contributed by atoms with E-state index in [1.807, 2.05) is 30.3 Å². The molecule has 7 nitrogen and oxygen atoms in total. The number of carbonyl (C=O) groups is 2. The van der Waals surface area contributed by atoms with Crippen LogP contribution in [0.2, 0.25) is 0 Å². The molecule has 0 unspecified atom stereocenters. The molecule has 0 saturated heterocycles. The van der Waals surface area contributed by atoms with Gasteiger partial charge in [0.25, 0.3) is 0 Å². The number of esters is 2. The quantitative estimate of drug-likeness (QED) is 0.297. The molecule has 7 heteroatoms. The van der Waals surface area contributed by atoms with Crippen molar-refractivity contribution in [3.05, 3.63) is 52.1 Å². The van der Waals surface area contributed by atoms with E-state index >= 15 is 0 Å². The normalized spacial score (nSPS) is 12.1. The average Bonchev–Trinajstić information content (AvgIpc) is 2.53. The molecule has 1 rings (SSSR count). The van der Waals surface area contributed by atoms with Gasteiger partial charge in [-0.15, -0.1) is 0 Å². The van der Waals surface area contributed by atoms with Crippen molar-refractivity contribution < 1.29 is 24.0 Å². The van der Waals surface area contributed by atoms with Crippen LogP contribution < -0.4 is 0 Å². The average molecular weight is 335 g/mol.